The van der Waals surface area contributed by atoms with Gasteiger partial charge >= 0.3 is 0 Å². The van der Waals surface area contributed by atoms with Crippen LogP contribution in [0, 0.1) is 10.1 Å². The summed E-state index contributed by atoms with van der Waals surface area (Å²) in [4.78, 5) is 12.3. The molecule has 2 rings (SSSR count). The number of nitrogens with two attached hydrogens (primary N) is 1. The van der Waals surface area contributed by atoms with Gasteiger partial charge in [-0.05, 0) is 25.1 Å². The van der Waals surface area contributed by atoms with E-state index in [4.69, 9.17) is 10.5 Å². The zero-order chi connectivity index (χ0) is 17.7. The van der Waals surface area contributed by atoms with E-state index in [9.17, 15) is 18.5 Å². The number of rotatable bonds is 6. The van der Waals surface area contributed by atoms with Crippen LogP contribution in [0.1, 0.15) is 6.42 Å². The lowest BCUT2D eigenvalue weighted by molar-refractivity contribution is -0.384. The molecular weight excluding hydrogens is 336 g/mol. The Morgan fingerprint density at radius 2 is 2.04 bits per heavy atom. The van der Waals surface area contributed by atoms with Crippen LogP contribution in [0.25, 0.3) is 0 Å². The summed E-state index contributed by atoms with van der Waals surface area (Å²) in [5.41, 5.74) is 5.08. The van der Waals surface area contributed by atoms with Gasteiger partial charge in [0, 0.05) is 39.4 Å². The van der Waals surface area contributed by atoms with Gasteiger partial charge in [0.05, 0.1) is 16.4 Å². The molecule has 24 heavy (non-hydrogen) atoms. The molecule has 0 atom stereocenters. The maximum absolute atomic E-state index is 12.8. The third-order valence-corrected chi connectivity index (χ3v) is 5.89. The van der Waals surface area contributed by atoms with E-state index in [-0.39, 0.29) is 10.6 Å². The summed E-state index contributed by atoms with van der Waals surface area (Å²) in [6.07, 6.45) is 0.694. The summed E-state index contributed by atoms with van der Waals surface area (Å²) in [7, 11) is -2.16. The maximum atomic E-state index is 12.8. The van der Waals surface area contributed by atoms with E-state index >= 15 is 0 Å². The van der Waals surface area contributed by atoms with E-state index in [0.29, 0.717) is 32.7 Å². The Labute approximate surface area is 141 Å². The molecule has 1 aromatic rings. The van der Waals surface area contributed by atoms with Crippen molar-refractivity contribution in [2.75, 3.05) is 52.2 Å². The predicted octanol–water partition coefficient (Wildman–Crippen LogP) is 0.520. The first kappa shape index (κ1) is 18.6. The average molecular weight is 358 g/mol. The highest BCUT2D eigenvalue weighted by atomic mass is 32.2. The smallest absolute Gasteiger partial charge is 0.293 e. The van der Waals surface area contributed by atoms with Crippen molar-refractivity contribution in [3.63, 3.8) is 0 Å². The lowest BCUT2D eigenvalue weighted by atomic mass is 10.3. The summed E-state index contributed by atoms with van der Waals surface area (Å²) >= 11 is 0. The molecule has 0 bridgehead atoms. The van der Waals surface area contributed by atoms with Crippen LogP contribution in [0.3, 0.4) is 0 Å². The standard InChI is InChI=1S/C14H22N4O5S/c1-23-10-9-16-5-2-6-17(8-7-16)24(21,22)12-3-4-13(15)14(11-12)18(19)20/h3-4,11H,2,5-10,15H2,1H3. The number of nitrogens with zero attached hydrogens (tertiary/aromatic N) is 3. The van der Waals surface area contributed by atoms with E-state index in [2.05, 4.69) is 4.90 Å². The number of hydrogen-bond donors (Lipinski definition) is 1. The SMILES string of the molecule is COCCN1CCCN(S(=O)(=O)c2ccc(N)c([N+](=O)[O-])c2)CC1. The fourth-order valence-corrected chi connectivity index (χ4v) is 4.11. The Morgan fingerprint density at radius 3 is 2.71 bits per heavy atom. The van der Waals surface area contributed by atoms with E-state index in [1.54, 1.807) is 7.11 Å². The molecule has 1 aromatic carbocycles. The number of nitrogen functional groups attached to an aromatic ring is 1. The van der Waals surface area contributed by atoms with E-state index in [1.807, 2.05) is 0 Å². The molecule has 1 aliphatic rings. The molecule has 1 heterocycles. The largest absolute Gasteiger partial charge is 0.393 e. The lowest BCUT2D eigenvalue weighted by Gasteiger charge is -2.21. The summed E-state index contributed by atoms with van der Waals surface area (Å²) in [6.45, 7) is 3.44. The molecule has 9 nitrogen and oxygen atoms in total. The van der Waals surface area contributed by atoms with Crippen molar-refractivity contribution in [1.82, 2.24) is 9.21 Å². The number of anilines is 1. The molecule has 2 N–H and O–H groups in total. The van der Waals surface area contributed by atoms with Crippen LogP contribution in [0.4, 0.5) is 11.4 Å². The van der Waals surface area contributed by atoms with Crippen LogP contribution >= 0.6 is 0 Å². The van der Waals surface area contributed by atoms with Crippen molar-refractivity contribution in [3.8, 4) is 0 Å². The monoisotopic (exact) mass is 358 g/mol. The maximum Gasteiger partial charge on any atom is 0.293 e. The highest BCUT2D eigenvalue weighted by molar-refractivity contribution is 7.89. The second-order valence-corrected chi connectivity index (χ2v) is 7.51. The zero-order valence-electron chi connectivity index (χ0n) is 13.6. The number of nitro benzene ring substituents is 1. The number of methoxy groups -OCH3 is 1. The molecule has 0 saturated carbocycles. The first-order valence-corrected chi connectivity index (χ1v) is 9.05. The number of ether oxygens (including phenoxy) is 1. The number of hydrogen-bond acceptors (Lipinski definition) is 7. The van der Waals surface area contributed by atoms with Gasteiger partial charge in [0.25, 0.3) is 5.69 Å². The van der Waals surface area contributed by atoms with Gasteiger partial charge in [0.15, 0.2) is 0 Å². The van der Waals surface area contributed by atoms with Crippen LogP contribution in [0.2, 0.25) is 0 Å². The fraction of sp³-hybridized carbons (Fsp3) is 0.571. The quantitative estimate of drug-likeness (QED) is 0.447. The Bertz CT molecular complexity index is 694. The molecule has 0 unspecified atom stereocenters. The molecule has 0 aromatic heterocycles. The molecule has 1 saturated heterocycles. The minimum absolute atomic E-state index is 0.0550. The van der Waals surface area contributed by atoms with E-state index in [0.717, 1.165) is 19.2 Å². The fourth-order valence-electron chi connectivity index (χ4n) is 2.62. The topological polar surface area (TPSA) is 119 Å². The summed E-state index contributed by atoms with van der Waals surface area (Å²) in [6, 6.07) is 3.59. The van der Waals surface area contributed by atoms with Crippen molar-refractivity contribution in [2.45, 2.75) is 11.3 Å². The number of nitro groups is 1. The van der Waals surface area contributed by atoms with Crippen LogP contribution in [-0.2, 0) is 14.8 Å². The van der Waals surface area contributed by atoms with Crippen LogP contribution in [0.15, 0.2) is 23.1 Å². The summed E-state index contributed by atoms with van der Waals surface area (Å²) in [5.74, 6) is 0. The zero-order valence-corrected chi connectivity index (χ0v) is 14.4. The highest BCUT2D eigenvalue weighted by Crippen LogP contribution is 2.27. The number of sulfonamides is 1. The molecule has 0 radical (unpaired) electrons. The Balaban J connectivity index is 2.18. The number of benzene rings is 1. The molecule has 1 fully saturated rings. The molecule has 0 amide bonds. The van der Waals surface area contributed by atoms with E-state index in [1.165, 1.54) is 16.4 Å². The van der Waals surface area contributed by atoms with Gasteiger partial charge in [-0.2, -0.15) is 4.31 Å². The molecule has 10 heteroatoms. The minimum atomic E-state index is -3.79. The molecule has 0 aliphatic carbocycles. The first-order chi connectivity index (χ1) is 11.4. The van der Waals surface area contributed by atoms with Gasteiger partial charge in [-0.25, -0.2) is 8.42 Å². The average Bonchev–Trinajstić information content (AvgIpc) is 2.79. The second-order valence-electron chi connectivity index (χ2n) is 5.57. The van der Waals surface area contributed by atoms with Gasteiger partial charge in [-0.1, -0.05) is 0 Å². The highest BCUT2D eigenvalue weighted by Gasteiger charge is 2.28. The van der Waals surface area contributed by atoms with Crippen LogP contribution in [0.5, 0.6) is 0 Å². The van der Waals surface area contributed by atoms with Gasteiger partial charge in [0.1, 0.15) is 5.69 Å². The van der Waals surface area contributed by atoms with Crippen molar-refractivity contribution in [2.24, 2.45) is 0 Å². The molecule has 1 aliphatic heterocycles. The second kappa shape index (κ2) is 7.88. The van der Waals surface area contributed by atoms with Gasteiger partial charge in [0.2, 0.25) is 10.0 Å². The lowest BCUT2D eigenvalue weighted by Crippen LogP contribution is -2.36. The van der Waals surface area contributed by atoms with Crippen LogP contribution < -0.4 is 5.73 Å². The van der Waals surface area contributed by atoms with Gasteiger partial charge < -0.3 is 10.5 Å². The predicted molar refractivity (Wildman–Crippen MR) is 89.2 cm³/mol. The van der Waals surface area contributed by atoms with Gasteiger partial charge in [-0.3, -0.25) is 15.0 Å². The van der Waals surface area contributed by atoms with Crippen molar-refractivity contribution >= 4 is 21.4 Å². The Hall–Kier alpha value is -1.75. The van der Waals surface area contributed by atoms with Crippen molar-refractivity contribution in [3.05, 3.63) is 28.3 Å². The van der Waals surface area contributed by atoms with Crippen molar-refractivity contribution in [1.29, 1.82) is 0 Å². The summed E-state index contributed by atoms with van der Waals surface area (Å²) in [5, 5.41) is 11.0. The minimum Gasteiger partial charge on any atom is -0.393 e. The summed E-state index contributed by atoms with van der Waals surface area (Å²) < 4.78 is 31.9. The Kier molecular flexibility index (Phi) is 6.10. The van der Waals surface area contributed by atoms with E-state index < -0.39 is 20.6 Å². The van der Waals surface area contributed by atoms with Crippen molar-refractivity contribution < 1.29 is 18.1 Å². The molecular formula is C14H22N4O5S. The van der Waals surface area contributed by atoms with Crippen LogP contribution in [-0.4, -0.2) is 69.0 Å². The van der Waals surface area contributed by atoms with Gasteiger partial charge in [-0.15, -0.1) is 0 Å². The molecule has 134 valence electrons. The normalized spacial score (nSPS) is 17.5. The third-order valence-electron chi connectivity index (χ3n) is 4.00. The molecule has 0 spiro atoms. The Morgan fingerprint density at radius 1 is 1.29 bits per heavy atom. The third kappa shape index (κ3) is 4.20. The first-order valence-electron chi connectivity index (χ1n) is 7.61.